The minimum absolute atomic E-state index is 0.00326. The van der Waals surface area contributed by atoms with Gasteiger partial charge in [-0.3, -0.25) is 24.0 Å². The average Bonchev–Trinajstić information content (AvgIpc) is 3.55. The lowest BCUT2D eigenvalue weighted by Crippen LogP contribution is -2.48. The van der Waals surface area contributed by atoms with E-state index in [2.05, 4.69) is 40.1 Å². The third-order valence-corrected chi connectivity index (χ3v) is 9.02. The van der Waals surface area contributed by atoms with Crippen molar-refractivity contribution < 1.29 is 9.53 Å². The van der Waals surface area contributed by atoms with E-state index in [1.165, 1.54) is 17.3 Å². The van der Waals surface area contributed by atoms with Gasteiger partial charge in [0.15, 0.2) is 0 Å². The number of carbonyl (C=O) groups is 1. The number of benzene rings is 1. The highest BCUT2D eigenvalue weighted by Gasteiger charge is 2.35. The zero-order valence-corrected chi connectivity index (χ0v) is 24.0. The van der Waals surface area contributed by atoms with Gasteiger partial charge in [-0.15, -0.1) is 0 Å². The van der Waals surface area contributed by atoms with Crippen molar-refractivity contribution in [1.82, 2.24) is 14.4 Å². The van der Waals surface area contributed by atoms with Crippen molar-refractivity contribution in [3.05, 3.63) is 67.8 Å². The van der Waals surface area contributed by atoms with Crippen molar-refractivity contribution in [2.24, 2.45) is 0 Å². The summed E-state index contributed by atoms with van der Waals surface area (Å²) in [4.78, 5) is 33.5. The van der Waals surface area contributed by atoms with Crippen LogP contribution in [0.15, 0.2) is 40.0 Å². The van der Waals surface area contributed by atoms with E-state index in [1.54, 1.807) is 16.4 Å². The van der Waals surface area contributed by atoms with Crippen molar-refractivity contribution in [2.75, 3.05) is 44.2 Å². The van der Waals surface area contributed by atoms with Gasteiger partial charge in [-0.1, -0.05) is 54.3 Å². The summed E-state index contributed by atoms with van der Waals surface area (Å²) >= 11 is 6.84. The Hall–Kier alpha value is -2.97. The van der Waals surface area contributed by atoms with Crippen LogP contribution in [0.2, 0.25) is 0 Å². The third-order valence-electron chi connectivity index (χ3n) is 7.64. The minimum Gasteiger partial charge on any atom is -0.376 e. The van der Waals surface area contributed by atoms with E-state index in [-0.39, 0.29) is 23.1 Å². The Balaban J connectivity index is 1.47. The molecular formula is C29H33N5O3S2. The zero-order valence-electron chi connectivity index (χ0n) is 22.4. The fraction of sp³-hybridized carbons (Fsp3) is 0.448. The number of thiocarbonyl (C=S) groups is 1. The molecule has 1 aromatic heterocycles. The van der Waals surface area contributed by atoms with Crippen LogP contribution in [-0.2, 0) is 22.6 Å². The van der Waals surface area contributed by atoms with Gasteiger partial charge in [0.25, 0.3) is 11.5 Å². The summed E-state index contributed by atoms with van der Waals surface area (Å²) in [7, 11) is 0. The van der Waals surface area contributed by atoms with Crippen molar-refractivity contribution in [3.63, 3.8) is 0 Å². The number of amides is 1. The lowest BCUT2D eigenvalue weighted by molar-refractivity contribution is -0.123. The van der Waals surface area contributed by atoms with Gasteiger partial charge in [0.05, 0.1) is 17.6 Å². The van der Waals surface area contributed by atoms with Crippen LogP contribution >= 0.6 is 24.0 Å². The highest BCUT2D eigenvalue weighted by Crippen LogP contribution is 2.36. The summed E-state index contributed by atoms with van der Waals surface area (Å²) in [5.74, 6) is 0.619. The molecular weight excluding hydrogens is 530 g/mol. The molecule has 3 aliphatic heterocycles. The first-order valence-corrected chi connectivity index (χ1v) is 14.7. The summed E-state index contributed by atoms with van der Waals surface area (Å²) in [6.07, 6.45) is 3.75. The topological polar surface area (TPSA) is 81.8 Å². The van der Waals surface area contributed by atoms with Gasteiger partial charge in [-0.25, -0.2) is 0 Å². The second kappa shape index (κ2) is 12.0. The molecule has 204 valence electrons. The average molecular weight is 564 g/mol. The maximum Gasteiger partial charge on any atom is 0.270 e. The number of rotatable bonds is 7. The Labute approximate surface area is 238 Å². The first-order chi connectivity index (χ1) is 18.9. The number of piperazine rings is 1. The van der Waals surface area contributed by atoms with Gasteiger partial charge >= 0.3 is 0 Å². The molecule has 0 bridgehead atoms. The van der Waals surface area contributed by atoms with Gasteiger partial charge in [-0.2, -0.15) is 5.26 Å². The number of hydrogen-bond acceptors (Lipinski definition) is 8. The predicted molar refractivity (Wildman–Crippen MR) is 159 cm³/mol. The molecule has 0 radical (unpaired) electrons. The highest BCUT2D eigenvalue weighted by molar-refractivity contribution is 8.26. The van der Waals surface area contributed by atoms with Gasteiger partial charge in [-0.05, 0) is 43.9 Å². The smallest absolute Gasteiger partial charge is 0.270 e. The predicted octanol–water partition coefficient (Wildman–Crippen LogP) is 3.75. The summed E-state index contributed by atoms with van der Waals surface area (Å²) in [6, 6.07) is 12.5. The summed E-state index contributed by atoms with van der Waals surface area (Å²) < 4.78 is 7.93. The van der Waals surface area contributed by atoms with E-state index >= 15 is 0 Å². The van der Waals surface area contributed by atoms with Gasteiger partial charge in [0, 0.05) is 51.4 Å². The number of carbonyl (C=O) groups excluding carboxylic acids is 1. The molecule has 0 spiro atoms. The Morgan fingerprint density at radius 2 is 1.92 bits per heavy atom. The van der Waals surface area contributed by atoms with E-state index in [0.717, 1.165) is 56.9 Å². The quantitative estimate of drug-likeness (QED) is 0.372. The number of pyridine rings is 1. The number of aromatic nitrogens is 1. The molecule has 3 aliphatic rings. The van der Waals surface area contributed by atoms with E-state index in [0.29, 0.717) is 34.5 Å². The second-order valence-corrected chi connectivity index (χ2v) is 11.8. The van der Waals surface area contributed by atoms with Crippen LogP contribution in [0.3, 0.4) is 0 Å². The molecule has 39 heavy (non-hydrogen) atoms. The molecule has 0 N–H and O–H groups in total. The van der Waals surface area contributed by atoms with Crippen LogP contribution in [0.1, 0.15) is 42.0 Å². The Morgan fingerprint density at radius 3 is 2.56 bits per heavy atom. The number of thioether (sulfide) groups is 1. The number of hydrogen-bond donors (Lipinski definition) is 0. The van der Waals surface area contributed by atoms with Gasteiger partial charge in [0.1, 0.15) is 21.8 Å². The highest BCUT2D eigenvalue weighted by atomic mass is 32.2. The largest absolute Gasteiger partial charge is 0.376 e. The standard InChI is InChI=1S/C29H33N5O3S2/c1-3-33-26(32-13-11-31(12-14-32)18-21-8-5-4-6-9-21)23(20(2)24(17-30)27(33)35)16-25-28(36)34(29(38)39-25)19-22-10-7-15-37-22/h4-6,8-9,16,22H,3,7,10-15,18-19H2,1-2H3. The van der Waals surface area contributed by atoms with Crippen LogP contribution in [0, 0.1) is 18.3 Å². The first kappa shape index (κ1) is 27.6. The summed E-state index contributed by atoms with van der Waals surface area (Å²) in [5.41, 5.74) is 2.43. The van der Waals surface area contributed by atoms with Gasteiger partial charge in [0.2, 0.25) is 0 Å². The van der Waals surface area contributed by atoms with Crippen LogP contribution in [0.5, 0.6) is 0 Å². The second-order valence-electron chi connectivity index (χ2n) is 10.1. The lowest BCUT2D eigenvalue weighted by Gasteiger charge is -2.38. The number of ether oxygens (including phenoxy) is 1. The Bertz CT molecular complexity index is 1380. The number of nitriles is 1. The van der Waals surface area contributed by atoms with Crippen LogP contribution in [0.25, 0.3) is 6.08 Å². The van der Waals surface area contributed by atoms with Crippen LogP contribution < -0.4 is 10.5 Å². The number of nitrogens with zero attached hydrogens (tertiary/aromatic N) is 5. The minimum atomic E-state index is -0.290. The third kappa shape index (κ3) is 5.68. The molecule has 5 rings (SSSR count). The number of anilines is 1. The molecule has 0 aliphatic carbocycles. The molecule has 1 amide bonds. The zero-order chi connectivity index (χ0) is 27.5. The normalized spacial score (nSPS) is 21.3. The monoisotopic (exact) mass is 563 g/mol. The Morgan fingerprint density at radius 1 is 1.18 bits per heavy atom. The molecule has 8 nitrogen and oxygen atoms in total. The molecule has 3 fully saturated rings. The maximum absolute atomic E-state index is 13.4. The van der Waals surface area contributed by atoms with Crippen molar-refractivity contribution in [1.29, 1.82) is 5.26 Å². The molecule has 4 heterocycles. The van der Waals surface area contributed by atoms with Crippen LogP contribution in [0.4, 0.5) is 5.82 Å². The molecule has 3 saturated heterocycles. The Kier molecular flexibility index (Phi) is 8.52. The maximum atomic E-state index is 13.4. The molecule has 2 aromatic rings. The van der Waals surface area contributed by atoms with Crippen molar-refractivity contribution >= 4 is 46.1 Å². The molecule has 10 heteroatoms. The van der Waals surface area contributed by atoms with E-state index in [9.17, 15) is 14.9 Å². The molecule has 1 atom stereocenters. The van der Waals surface area contributed by atoms with E-state index < -0.39 is 0 Å². The van der Waals surface area contributed by atoms with Crippen molar-refractivity contribution in [3.8, 4) is 6.07 Å². The molecule has 1 unspecified atom stereocenters. The van der Waals surface area contributed by atoms with E-state index in [4.69, 9.17) is 17.0 Å². The molecule has 1 aromatic carbocycles. The van der Waals surface area contributed by atoms with E-state index in [1.807, 2.05) is 19.1 Å². The first-order valence-electron chi connectivity index (χ1n) is 13.5. The van der Waals surface area contributed by atoms with Crippen molar-refractivity contribution in [2.45, 2.75) is 45.9 Å². The fourth-order valence-corrected chi connectivity index (χ4v) is 6.77. The summed E-state index contributed by atoms with van der Waals surface area (Å²) in [5, 5.41) is 9.86. The van der Waals surface area contributed by atoms with Gasteiger partial charge < -0.3 is 9.64 Å². The van der Waals surface area contributed by atoms with Crippen LogP contribution in [-0.4, -0.2) is 70.0 Å². The SMILES string of the molecule is CCn1c(N2CCN(Cc3ccccc3)CC2)c(C=C2SC(=S)N(CC3CCCO3)C2=O)c(C)c(C#N)c1=O. The lowest BCUT2D eigenvalue weighted by atomic mass is 10.0. The summed E-state index contributed by atoms with van der Waals surface area (Å²) in [6.45, 7) is 9.34. The molecule has 0 saturated carbocycles. The fourth-order valence-electron chi connectivity index (χ4n) is 5.52.